The van der Waals surface area contributed by atoms with Crippen LogP contribution in [-0.2, 0) is 6.42 Å². The highest BCUT2D eigenvalue weighted by Gasteiger charge is 2.37. The van der Waals surface area contributed by atoms with Crippen molar-refractivity contribution in [3.05, 3.63) is 52.2 Å². The summed E-state index contributed by atoms with van der Waals surface area (Å²) < 4.78 is 19.9. The van der Waals surface area contributed by atoms with Gasteiger partial charge in [0, 0.05) is 29.1 Å². The molecular weight excluding hydrogens is 365 g/mol. The second-order valence-electron chi connectivity index (χ2n) is 8.12. The summed E-state index contributed by atoms with van der Waals surface area (Å²) in [6.45, 7) is 5.81. The number of furan rings is 1. The first-order valence-electron chi connectivity index (χ1n) is 9.14. The molecule has 1 aromatic heterocycles. The number of hydrogen-bond donors (Lipinski definition) is 1. The third-order valence-electron chi connectivity index (χ3n) is 5.31. The van der Waals surface area contributed by atoms with E-state index in [0.717, 1.165) is 17.7 Å². The van der Waals surface area contributed by atoms with Crippen molar-refractivity contribution in [3.63, 3.8) is 0 Å². The zero-order chi connectivity index (χ0) is 19.3. The van der Waals surface area contributed by atoms with Crippen molar-refractivity contribution in [3.8, 4) is 0 Å². The number of benzene rings is 1. The van der Waals surface area contributed by atoms with Gasteiger partial charge in [-0.2, -0.15) is 0 Å². The third-order valence-corrected chi connectivity index (χ3v) is 6.47. The Morgan fingerprint density at radius 1 is 1.33 bits per heavy atom. The van der Waals surface area contributed by atoms with Crippen LogP contribution < -0.4 is 5.32 Å². The molecule has 2 heterocycles. The summed E-state index contributed by atoms with van der Waals surface area (Å²) in [5, 5.41) is 2.98. The summed E-state index contributed by atoms with van der Waals surface area (Å²) in [7, 11) is 0. The van der Waals surface area contributed by atoms with E-state index < -0.39 is 0 Å². The van der Waals surface area contributed by atoms with Crippen LogP contribution in [0.2, 0.25) is 0 Å². The van der Waals surface area contributed by atoms with Gasteiger partial charge >= 0.3 is 0 Å². The van der Waals surface area contributed by atoms with Crippen LogP contribution in [0, 0.1) is 18.2 Å². The third kappa shape index (κ3) is 3.20. The van der Waals surface area contributed by atoms with Crippen molar-refractivity contribution in [1.29, 1.82) is 0 Å². The molecule has 1 N–H and O–H groups in total. The highest BCUT2D eigenvalue weighted by atomic mass is 32.2. The van der Waals surface area contributed by atoms with Crippen LogP contribution in [0.5, 0.6) is 0 Å². The average Bonchev–Trinajstić information content (AvgIpc) is 2.91. The summed E-state index contributed by atoms with van der Waals surface area (Å²) in [6.07, 6.45) is 1.81. The van der Waals surface area contributed by atoms with Crippen molar-refractivity contribution in [2.45, 2.75) is 51.0 Å². The molecule has 0 radical (unpaired) electrons. The molecule has 0 saturated carbocycles. The lowest BCUT2D eigenvalue weighted by Crippen LogP contribution is -2.31. The zero-order valence-corrected chi connectivity index (χ0v) is 16.5. The summed E-state index contributed by atoms with van der Waals surface area (Å²) in [5.74, 6) is 0.961. The van der Waals surface area contributed by atoms with Gasteiger partial charge in [-0.3, -0.25) is 9.59 Å². The Bertz CT molecular complexity index is 947. The molecule has 1 atom stereocenters. The molecule has 1 aromatic carbocycles. The number of ketones is 1. The Labute approximate surface area is 161 Å². The molecule has 1 aliphatic heterocycles. The normalized spacial score (nSPS) is 20.7. The van der Waals surface area contributed by atoms with Crippen molar-refractivity contribution in [2.24, 2.45) is 5.41 Å². The molecule has 0 spiro atoms. The van der Waals surface area contributed by atoms with Crippen molar-refractivity contribution in [2.75, 3.05) is 5.75 Å². The summed E-state index contributed by atoms with van der Waals surface area (Å²) in [5.41, 5.74) is 1.79. The molecule has 4 rings (SSSR count). The quantitative estimate of drug-likeness (QED) is 0.800. The number of nitrogens with one attached hydrogen (secondary N) is 1. The van der Waals surface area contributed by atoms with Gasteiger partial charge in [0.15, 0.2) is 11.5 Å². The van der Waals surface area contributed by atoms with E-state index in [4.69, 9.17) is 4.42 Å². The Morgan fingerprint density at radius 2 is 2.11 bits per heavy atom. The molecule has 142 valence electrons. The predicted molar refractivity (Wildman–Crippen MR) is 102 cm³/mol. The molecule has 0 bridgehead atoms. The Hall–Kier alpha value is -2.08. The number of fused-ring (bicyclic) bond motifs is 2. The van der Waals surface area contributed by atoms with Gasteiger partial charge in [-0.05, 0) is 30.4 Å². The fourth-order valence-electron chi connectivity index (χ4n) is 4.06. The minimum atomic E-state index is -0.348. The van der Waals surface area contributed by atoms with Crippen LogP contribution in [0.15, 0.2) is 27.5 Å². The fraction of sp³-hybridized carbons (Fsp3) is 0.429. The van der Waals surface area contributed by atoms with Gasteiger partial charge in [0.25, 0.3) is 5.91 Å². The van der Waals surface area contributed by atoms with E-state index in [1.54, 1.807) is 13.0 Å². The van der Waals surface area contributed by atoms with Gasteiger partial charge < -0.3 is 9.73 Å². The molecule has 0 saturated heterocycles. The predicted octanol–water partition coefficient (Wildman–Crippen LogP) is 4.85. The number of carbonyl (C=O) groups excluding carboxylic acids is 2. The SMILES string of the molecule is Cc1c(C(=O)NC2CCSc3c(F)cccc32)oc2c1C(=O)CC(C)(C)C2. The van der Waals surface area contributed by atoms with E-state index in [1.807, 2.05) is 19.9 Å². The van der Waals surface area contributed by atoms with Crippen molar-refractivity contribution >= 4 is 23.5 Å². The number of amides is 1. The van der Waals surface area contributed by atoms with E-state index in [9.17, 15) is 14.0 Å². The van der Waals surface area contributed by atoms with E-state index >= 15 is 0 Å². The van der Waals surface area contributed by atoms with Gasteiger partial charge in [-0.25, -0.2) is 4.39 Å². The zero-order valence-electron chi connectivity index (χ0n) is 15.6. The van der Waals surface area contributed by atoms with Gasteiger partial charge in [-0.1, -0.05) is 26.0 Å². The smallest absolute Gasteiger partial charge is 0.287 e. The topological polar surface area (TPSA) is 59.3 Å². The van der Waals surface area contributed by atoms with Crippen LogP contribution in [0.25, 0.3) is 0 Å². The number of Topliss-reactive ketones (excluding diaryl/α,β-unsaturated/α-hetero) is 1. The minimum Gasteiger partial charge on any atom is -0.455 e. The van der Waals surface area contributed by atoms with Crippen LogP contribution in [0.3, 0.4) is 0 Å². The Balaban J connectivity index is 1.63. The first-order valence-corrected chi connectivity index (χ1v) is 10.1. The second-order valence-corrected chi connectivity index (χ2v) is 9.22. The lowest BCUT2D eigenvalue weighted by Gasteiger charge is -2.27. The average molecular weight is 387 g/mol. The van der Waals surface area contributed by atoms with E-state index in [-0.39, 0.29) is 34.7 Å². The van der Waals surface area contributed by atoms with E-state index in [1.165, 1.54) is 17.8 Å². The second kappa shape index (κ2) is 6.51. The van der Waals surface area contributed by atoms with Crippen molar-refractivity contribution < 1.29 is 18.4 Å². The van der Waals surface area contributed by atoms with E-state index in [0.29, 0.717) is 34.6 Å². The number of thioether (sulfide) groups is 1. The van der Waals surface area contributed by atoms with E-state index in [2.05, 4.69) is 5.32 Å². The molecule has 6 heteroatoms. The Morgan fingerprint density at radius 3 is 2.89 bits per heavy atom. The molecule has 27 heavy (non-hydrogen) atoms. The molecule has 2 aliphatic rings. The van der Waals surface area contributed by atoms with Crippen LogP contribution in [0.4, 0.5) is 4.39 Å². The van der Waals surface area contributed by atoms with Gasteiger partial charge in [0.05, 0.1) is 11.6 Å². The van der Waals surface area contributed by atoms with Gasteiger partial charge in [0.2, 0.25) is 0 Å². The monoisotopic (exact) mass is 387 g/mol. The lowest BCUT2D eigenvalue weighted by atomic mass is 9.76. The van der Waals surface area contributed by atoms with Crippen LogP contribution in [0.1, 0.15) is 70.5 Å². The molecule has 1 aliphatic carbocycles. The van der Waals surface area contributed by atoms with Gasteiger partial charge in [0.1, 0.15) is 11.6 Å². The molecular formula is C21H22FNO3S. The van der Waals surface area contributed by atoms with Crippen molar-refractivity contribution in [1.82, 2.24) is 5.32 Å². The maximum Gasteiger partial charge on any atom is 0.287 e. The molecule has 0 fully saturated rings. The standard InChI is InChI=1S/C21H22FNO3S/c1-11-17-15(24)9-21(2,3)10-16(17)26-18(11)20(25)23-14-7-8-27-19-12(14)5-4-6-13(19)22/h4-6,14H,7-10H2,1-3H3,(H,23,25). The van der Waals surface area contributed by atoms with Crippen LogP contribution >= 0.6 is 11.8 Å². The highest BCUT2D eigenvalue weighted by molar-refractivity contribution is 7.99. The summed E-state index contributed by atoms with van der Waals surface area (Å²) in [4.78, 5) is 26.0. The summed E-state index contributed by atoms with van der Waals surface area (Å²) >= 11 is 1.47. The van der Waals surface area contributed by atoms with Crippen LogP contribution in [-0.4, -0.2) is 17.4 Å². The first-order chi connectivity index (χ1) is 12.8. The maximum absolute atomic E-state index is 14.1. The fourth-order valence-corrected chi connectivity index (χ4v) is 5.20. The number of hydrogen-bond acceptors (Lipinski definition) is 4. The lowest BCUT2D eigenvalue weighted by molar-refractivity contribution is 0.0881. The molecule has 1 unspecified atom stereocenters. The van der Waals surface area contributed by atoms with Gasteiger partial charge in [-0.15, -0.1) is 11.8 Å². The number of halogens is 1. The largest absolute Gasteiger partial charge is 0.455 e. The molecule has 2 aromatic rings. The number of carbonyl (C=O) groups is 2. The Kier molecular flexibility index (Phi) is 4.41. The molecule has 4 nitrogen and oxygen atoms in total. The minimum absolute atomic E-state index is 0.0306. The number of rotatable bonds is 2. The highest BCUT2D eigenvalue weighted by Crippen LogP contribution is 2.40. The molecule has 1 amide bonds. The summed E-state index contributed by atoms with van der Waals surface area (Å²) in [6, 6.07) is 4.69. The maximum atomic E-state index is 14.1. The first kappa shape index (κ1) is 18.3.